The van der Waals surface area contributed by atoms with Crippen molar-refractivity contribution in [3.63, 3.8) is 0 Å². The molecule has 8 nitrogen and oxygen atoms in total. The van der Waals surface area contributed by atoms with Crippen LogP contribution in [-0.4, -0.2) is 49.4 Å². The van der Waals surface area contributed by atoms with Gasteiger partial charge in [0.1, 0.15) is 19.7 Å². The van der Waals surface area contributed by atoms with Gasteiger partial charge in [0, 0.05) is 11.8 Å². The molecule has 0 saturated heterocycles. The number of nitrogens with zero attached hydrogens (tertiary/aromatic N) is 2. The Balaban J connectivity index is 1.56. The van der Waals surface area contributed by atoms with E-state index in [4.69, 9.17) is 16.7 Å². The van der Waals surface area contributed by atoms with Gasteiger partial charge < -0.3 is 19.3 Å². The van der Waals surface area contributed by atoms with E-state index in [2.05, 4.69) is 10.3 Å². The number of ether oxygens (including phenoxy) is 1. The smallest absolute Gasteiger partial charge is 0.351 e. The summed E-state index contributed by atoms with van der Waals surface area (Å²) in [4.78, 5) is 28.5. The van der Waals surface area contributed by atoms with Crippen molar-refractivity contribution in [3.8, 4) is 0 Å². The minimum Gasteiger partial charge on any atom is -0.392 e. The third-order valence-corrected chi connectivity index (χ3v) is 4.37. The van der Waals surface area contributed by atoms with Crippen LogP contribution in [0.2, 0.25) is 0 Å². The average Bonchev–Trinajstić information content (AvgIpc) is 3.20. The number of carbonyl (C=O) groups is 1. The molecule has 28 heavy (non-hydrogen) atoms. The van der Waals surface area contributed by atoms with Crippen LogP contribution in [-0.2, 0) is 15.5 Å². The van der Waals surface area contributed by atoms with Crippen molar-refractivity contribution in [2.75, 3.05) is 17.6 Å². The largest absolute Gasteiger partial charge is 0.392 e. The summed E-state index contributed by atoms with van der Waals surface area (Å²) in [6.45, 7) is 0.123. The minimum absolute atomic E-state index is 0.109. The summed E-state index contributed by atoms with van der Waals surface area (Å²) >= 11 is 1.03. The summed E-state index contributed by atoms with van der Waals surface area (Å²) in [5.41, 5.74) is 0.724. The normalized spacial score (nSPS) is 19.2. The molecule has 2 aromatic rings. The predicted molar refractivity (Wildman–Crippen MR) is 109 cm³/mol. The van der Waals surface area contributed by atoms with E-state index in [1.54, 1.807) is 36.4 Å². The zero-order valence-electron chi connectivity index (χ0n) is 16.9. The first kappa shape index (κ1) is 17.7. The quantitative estimate of drug-likeness (QED) is 0.275. The summed E-state index contributed by atoms with van der Waals surface area (Å²) < 4.78 is 26.5. The number of hydrogen-bond acceptors (Lipinski definition) is 7. The van der Waals surface area contributed by atoms with Crippen molar-refractivity contribution in [2.45, 2.75) is 18.9 Å². The second-order valence-electron chi connectivity index (χ2n) is 5.83. The lowest BCUT2D eigenvalue weighted by Gasteiger charge is -2.16. The highest BCUT2D eigenvalue weighted by atomic mass is 32.2. The van der Waals surface area contributed by atoms with Gasteiger partial charge in [-0.2, -0.15) is 4.98 Å². The summed E-state index contributed by atoms with van der Waals surface area (Å²) in [6, 6.07) is 7.94. The highest BCUT2D eigenvalue weighted by Gasteiger charge is 2.22. The molecule has 0 fully saturated rings. The molecule has 10 heteroatoms. The molecule has 2 N–H and O–H groups in total. The van der Waals surface area contributed by atoms with Crippen molar-refractivity contribution in [3.05, 3.63) is 70.3 Å². The number of aromatic nitrogens is 2. The third-order valence-electron chi connectivity index (χ3n) is 3.93. The Labute approximate surface area is 169 Å². The first-order valence-corrected chi connectivity index (χ1v) is 9.40. The molecular weight excluding hydrogens is 381 g/mol. The Bertz CT molecular complexity index is 958. The zero-order chi connectivity index (χ0) is 21.5. The van der Waals surface area contributed by atoms with Crippen LogP contribution in [0.3, 0.4) is 0 Å². The first-order valence-electron chi connectivity index (χ1n) is 9.65. The molecule has 0 radical (unpaired) electrons. The molecule has 0 bridgehead atoms. The van der Waals surface area contributed by atoms with Crippen LogP contribution < -0.4 is 11.0 Å². The topological polar surface area (TPSA) is 103 Å². The molecule has 146 valence electrons. The molecule has 3 rings (SSSR count). The van der Waals surface area contributed by atoms with Gasteiger partial charge in [-0.3, -0.25) is 9.36 Å². The number of amides is 1. The molecule has 1 aromatic carbocycles. The van der Waals surface area contributed by atoms with Crippen molar-refractivity contribution in [1.82, 2.24) is 9.55 Å². The Morgan fingerprint density at radius 3 is 3.00 bits per heavy atom. The van der Waals surface area contributed by atoms with E-state index in [-0.39, 0.29) is 30.8 Å². The van der Waals surface area contributed by atoms with Crippen LogP contribution in [0.15, 0.2) is 53.5 Å². The summed E-state index contributed by atoms with van der Waals surface area (Å²) in [5, 5.41) is 11.6. The van der Waals surface area contributed by atoms with Crippen molar-refractivity contribution in [1.29, 1.82) is 2.67 Å². The fourth-order valence-electron chi connectivity index (χ4n) is 2.53. The van der Waals surface area contributed by atoms with Gasteiger partial charge in [-0.25, -0.2) is 4.79 Å². The number of aliphatic hydroxyl groups excluding tert-OH is 1. The molecule has 0 spiro atoms. The van der Waals surface area contributed by atoms with Crippen LogP contribution >= 0.6 is 12.0 Å². The van der Waals surface area contributed by atoms with Gasteiger partial charge >= 0.3 is 5.69 Å². The number of rotatable bonds is 9. The second-order valence-corrected chi connectivity index (χ2v) is 6.64. The van der Waals surface area contributed by atoms with E-state index in [0.717, 1.165) is 12.0 Å². The molecule has 2 atom stereocenters. The van der Waals surface area contributed by atoms with Crippen LogP contribution in [0.4, 0.5) is 5.82 Å². The van der Waals surface area contributed by atoms with Crippen LogP contribution in [0.25, 0.3) is 0 Å². The van der Waals surface area contributed by atoms with Crippen molar-refractivity contribution >= 4 is 31.5 Å². The number of aliphatic hydroxyl groups is 1. The predicted octanol–water partition coefficient (Wildman–Crippen LogP) is 0.697. The van der Waals surface area contributed by atoms with E-state index in [1.165, 1.54) is 16.8 Å². The van der Waals surface area contributed by atoms with Crippen molar-refractivity contribution < 1.29 is 18.8 Å². The zero-order valence-corrected chi connectivity index (χ0v) is 15.7. The Morgan fingerprint density at radius 2 is 2.29 bits per heavy atom. The standard InChI is InChI=1S/C18H20BN3O5S/c19-11-28-26-10-14-5-6-16(27-14)22-8-7-15(21-18(22)25)20-17(24)13-3-1-12(9-23)2-4-13/h1-8,14,16,23H,9-11,19H2,(H,20,21,24,25)/t14-,16+/m0/s1/i19TD. The van der Waals surface area contributed by atoms with E-state index in [0.29, 0.717) is 11.1 Å². The molecule has 2 heterocycles. The van der Waals surface area contributed by atoms with Crippen molar-refractivity contribution in [2.24, 2.45) is 0 Å². The van der Waals surface area contributed by atoms with Gasteiger partial charge in [-0.15, -0.1) is 0 Å². The number of nitrogens with one attached hydrogen (secondary N) is 1. The summed E-state index contributed by atoms with van der Waals surface area (Å²) in [6.07, 6.45) is 3.96. The van der Waals surface area contributed by atoms with Crippen LogP contribution in [0.5, 0.6) is 0 Å². The average molecular weight is 404 g/mol. The highest BCUT2D eigenvalue weighted by molar-refractivity contribution is 7.95. The van der Waals surface area contributed by atoms with E-state index in [1.807, 2.05) is 0 Å². The monoisotopic (exact) mass is 404 g/mol. The Kier molecular flexibility index (Phi) is 6.12. The summed E-state index contributed by atoms with van der Waals surface area (Å²) in [7, 11) is -0.952. The Hall–Kier alpha value is -2.40. The third kappa shape index (κ3) is 5.11. The lowest BCUT2D eigenvalue weighted by Crippen LogP contribution is -2.29. The fourth-order valence-corrected chi connectivity index (χ4v) is 2.86. The van der Waals surface area contributed by atoms with E-state index < -0.39 is 25.6 Å². The maximum absolute atomic E-state index is 12.4. The SMILES string of the molecule is [2H]B([3H])CSOC[C@@H]1C=C[C@H](n2ccc(NC(=O)c3ccc(CO)cc3)nc2=O)O1. The molecule has 1 aromatic heterocycles. The molecule has 0 unspecified atom stereocenters. The highest BCUT2D eigenvalue weighted by Crippen LogP contribution is 2.21. The number of hydrogen-bond donors (Lipinski definition) is 2. The van der Waals surface area contributed by atoms with Gasteiger partial charge in [0.05, 0.1) is 13.2 Å². The van der Waals surface area contributed by atoms with Gasteiger partial charge in [0.25, 0.3) is 5.91 Å². The summed E-state index contributed by atoms with van der Waals surface area (Å²) in [5.74, 6) is -0.301. The molecular formula is C18H20BN3O5S. The molecule has 0 aliphatic carbocycles. The fraction of sp³-hybridized carbons (Fsp3) is 0.278. The maximum atomic E-state index is 12.4. The molecule has 0 saturated carbocycles. The lowest BCUT2D eigenvalue weighted by atomic mass is 10.1. The number of anilines is 1. The van der Waals surface area contributed by atoms with E-state index in [9.17, 15) is 9.59 Å². The minimum atomic E-state index is -0.952. The first-order chi connectivity index (χ1) is 14.5. The van der Waals surface area contributed by atoms with Gasteiger partial charge in [-0.05, 0) is 50.2 Å². The number of benzene rings is 1. The van der Waals surface area contributed by atoms with Crippen LogP contribution in [0.1, 0.15) is 22.1 Å². The molecule has 1 aliphatic heterocycles. The Morgan fingerprint density at radius 1 is 1.46 bits per heavy atom. The second kappa shape index (κ2) is 9.69. The van der Waals surface area contributed by atoms with Gasteiger partial charge in [0.15, 0.2) is 6.23 Å². The molecule has 1 aliphatic rings. The molecule has 1 amide bonds. The number of carbonyl (C=O) groups excluding carboxylic acids is 1. The maximum Gasteiger partial charge on any atom is 0.351 e. The lowest BCUT2D eigenvalue weighted by molar-refractivity contribution is -0.00202. The van der Waals surface area contributed by atoms with Crippen LogP contribution in [0, 0.1) is 0 Å². The van der Waals surface area contributed by atoms with Gasteiger partial charge in [0.2, 0.25) is 0 Å². The van der Waals surface area contributed by atoms with E-state index >= 15 is 0 Å². The van der Waals surface area contributed by atoms with Gasteiger partial charge in [-0.1, -0.05) is 18.2 Å².